The van der Waals surface area contributed by atoms with Crippen LogP contribution in [-0.4, -0.2) is 11.5 Å². The molecule has 0 radical (unpaired) electrons. The molecule has 0 aliphatic rings. The van der Waals surface area contributed by atoms with E-state index in [1.165, 1.54) is 5.56 Å². The van der Waals surface area contributed by atoms with Gasteiger partial charge in [-0.15, -0.1) is 0 Å². The van der Waals surface area contributed by atoms with Gasteiger partial charge in [-0.25, -0.2) is 4.98 Å². The van der Waals surface area contributed by atoms with Crippen LogP contribution in [0.15, 0.2) is 41.1 Å². The van der Waals surface area contributed by atoms with Gasteiger partial charge in [-0.3, -0.25) is 0 Å². The topological polar surface area (TPSA) is 47.3 Å². The fourth-order valence-electron chi connectivity index (χ4n) is 1.79. The summed E-state index contributed by atoms with van der Waals surface area (Å²) in [5, 5.41) is 3.44. The summed E-state index contributed by atoms with van der Waals surface area (Å²) < 4.78 is 10.8. The van der Waals surface area contributed by atoms with Gasteiger partial charge < -0.3 is 14.5 Å². The quantitative estimate of drug-likeness (QED) is 0.829. The van der Waals surface area contributed by atoms with Crippen molar-refractivity contribution < 1.29 is 9.15 Å². The third-order valence-electron chi connectivity index (χ3n) is 2.90. The Morgan fingerprint density at radius 1 is 1.42 bits per heavy atom. The molecule has 0 spiro atoms. The molecule has 19 heavy (non-hydrogen) atoms. The summed E-state index contributed by atoms with van der Waals surface area (Å²) in [5.74, 6) is 1.42. The van der Waals surface area contributed by atoms with Gasteiger partial charge >= 0.3 is 0 Å². The summed E-state index contributed by atoms with van der Waals surface area (Å²) in [6.07, 6.45) is 4.54. The van der Waals surface area contributed by atoms with Crippen molar-refractivity contribution in [1.29, 1.82) is 0 Å². The Morgan fingerprint density at radius 2 is 2.32 bits per heavy atom. The van der Waals surface area contributed by atoms with E-state index in [4.69, 9.17) is 9.15 Å². The van der Waals surface area contributed by atoms with Gasteiger partial charge in [0.05, 0.1) is 6.26 Å². The summed E-state index contributed by atoms with van der Waals surface area (Å²) in [6.45, 7) is 5.71. The second-order valence-electron chi connectivity index (χ2n) is 4.47. The number of furan rings is 1. The summed E-state index contributed by atoms with van der Waals surface area (Å²) in [6, 6.07) is 8.01. The second-order valence-corrected chi connectivity index (χ2v) is 4.47. The van der Waals surface area contributed by atoms with Crippen molar-refractivity contribution >= 4 is 0 Å². The molecule has 0 aliphatic heterocycles. The van der Waals surface area contributed by atoms with Gasteiger partial charge in [0.1, 0.15) is 12.4 Å². The standard InChI is InChI=1S/C15H20N2O2/c1-3-7-16-12(2)13-6-8-17-15(10-13)19-11-14-5-4-9-18-14/h4-6,8-10,12,16H,3,7,11H2,1-2H3. The molecule has 102 valence electrons. The zero-order chi connectivity index (χ0) is 13.5. The predicted molar refractivity (Wildman–Crippen MR) is 74.0 cm³/mol. The SMILES string of the molecule is CCCNC(C)c1ccnc(OCc2ccco2)c1. The highest BCUT2D eigenvalue weighted by molar-refractivity contribution is 5.23. The number of hydrogen-bond acceptors (Lipinski definition) is 4. The largest absolute Gasteiger partial charge is 0.469 e. The lowest BCUT2D eigenvalue weighted by atomic mass is 10.1. The van der Waals surface area contributed by atoms with Crippen LogP contribution in [0.5, 0.6) is 5.88 Å². The highest BCUT2D eigenvalue weighted by atomic mass is 16.5. The first-order valence-electron chi connectivity index (χ1n) is 6.64. The molecule has 4 nitrogen and oxygen atoms in total. The third kappa shape index (κ3) is 4.10. The molecule has 0 aliphatic carbocycles. The van der Waals surface area contributed by atoms with Crippen LogP contribution in [0.3, 0.4) is 0 Å². The van der Waals surface area contributed by atoms with Gasteiger partial charge in [-0.2, -0.15) is 0 Å². The molecule has 0 fully saturated rings. The molecule has 1 N–H and O–H groups in total. The van der Waals surface area contributed by atoms with Gasteiger partial charge in [-0.05, 0) is 43.7 Å². The molecule has 0 saturated heterocycles. The van der Waals surface area contributed by atoms with Crippen molar-refractivity contribution in [3.63, 3.8) is 0 Å². The van der Waals surface area contributed by atoms with Gasteiger partial charge in [0.2, 0.25) is 5.88 Å². The molecule has 0 saturated carbocycles. The zero-order valence-corrected chi connectivity index (χ0v) is 11.4. The molecule has 2 rings (SSSR count). The monoisotopic (exact) mass is 260 g/mol. The number of hydrogen-bond donors (Lipinski definition) is 1. The summed E-state index contributed by atoms with van der Waals surface area (Å²) in [7, 11) is 0. The summed E-state index contributed by atoms with van der Waals surface area (Å²) >= 11 is 0. The van der Waals surface area contributed by atoms with Crippen LogP contribution in [-0.2, 0) is 6.61 Å². The molecule has 0 aromatic carbocycles. The highest BCUT2D eigenvalue weighted by Crippen LogP contribution is 2.17. The molecule has 2 aromatic rings. The van der Waals surface area contributed by atoms with E-state index in [2.05, 4.69) is 24.1 Å². The minimum Gasteiger partial charge on any atom is -0.469 e. The van der Waals surface area contributed by atoms with Gasteiger partial charge in [0, 0.05) is 18.3 Å². The zero-order valence-electron chi connectivity index (χ0n) is 11.4. The van der Waals surface area contributed by atoms with E-state index >= 15 is 0 Å². The smallest absolute Gasteiger partial charge is 0.213 e. The van der Waals surface area contributed by atoms with E-state index in [-0.39, 0.29) is 0 Å². The van der Waals surface area contributed by atoms with Crippen molar-refractivity contribution in [2.24, 2.45) is 0 Å². The molecule has 0 bridgehead atoms. The van der Waals surface area contributed by atoms with E-state index in [1.54, 1.807) is 12.5 Å². The number of pyridine rings is 1. The Morgan fingerprint density at radius 3 is 3.05 bits per heavy atom. The molecule has 0 amide bonds. The minimum absolute atomic E-state index is 0.300. The van der Waals surface area contributed by atoms with Crippen LogP contribution in [0.1, 0.15) is 37.6 Å². The summed E-state index contributed by atoms with van der Waals surface area (Å²) in [5.41, 5.74) is 1.18. The molecule has 2 aromatic heterocycles. The van der Waals surface area contributed by atoms with Gasteiger partial charge in [0.25, 0.3) is 0 Å². The molecular formula is C15H20N2O2. The number of rotatable bonds is 7. The molecule has 1 unspecified atom stereocenters. The average molecular weight is 260 g/mol. The Hall–Kier alpha value is -1.81. The number of aromatic nitrogens is 1. The number of nitrogens with zero attached hydrogens (tertiary/aromatic N) is 1. The highest BCUT2D eigenvalue weighted by Gasteiger charge is 2.06. The molecule has 4 heteroatoms. The van der Waals surface area contributed by atoms with Crippen LogP contribution in [0, 0.1) is 0 Å². The van der Waals surface area contributed by atoms with Crippen molar-refractivity contribution in [3.8, 4) is 5.88 Å². The minimum atomic E-state index is 0.300. The van der Waals surface area contributed by atoms with E-state index < -0.39 is 0 Å². The normalized spacial score (nSPS) is 12.3. The van der Waals surface area contributed by atoms with E-state index in [1.807, 2.05) is 24.3 Å². The average Bonchev–Trinajstić information content (AvgIpc) is 2.96. The lowest BCUT2D eigenvalue weighted by Gasteiger charge is -2.14. The Kier molecular flexibility index (Phi) is 4.98. The van der Waals surface area contributed by atoms with Crippen LogP contribution < -0.4 is 10.1 Å². The van der Waals surface area contributed by atoms with Crippen molar-refractivity contribution in [3.05, 3.63) is 48.0 Å². The van der Waals surface area contributed by atoms with Crippen molar-refractivity contribution in [2.45, 2.75) is 32.9 Å². The maximum atomic E-state index is 5.61. The van der Waals surface area contributed by atoms with E-state index in [0.717, 1.165) is 18.7 Å². The maximum absolute atomic E-state index is 5.61. The lowest BCUT2D eigenvalue weighted by Crippen LogP contribution is -2.19. The first kappa shape index (κ1) is 13.6. The Bertz CT molecular complexity index is 483. The Balaban J connectivity index is 1.94. The first-order valence-corrected chi connectivity index (χ1v) is 6.64. The number of nitrogens with one attached hydrogen (secondary N) is 1. The first-order chi connectivity index (χ1) is 9.29. The second kappa shape index (κ2) is 6.95. The van der Waals surface area contributed by atoms with E-state index in [0.29, 0.717) is 18.5 Å². The summed E-state index contributed by atoms with van der Waals surface area (Å²) in [4.78, 5) is 4.21. The van der Waals surface area contributed by atoms with Crippen LogP contribution in [0.25, 0.3) is 0 Å². The van der Waals surface area contributed by atoms with Crippen LogP contribution in [0.2, 0.25) is 0 Å². The van der Waals surface area contributed by atoms with Gasteiger partial charge in [-0.1, -0.05) is 6.92 Å². The number of ether oxygens (including phenoxy) is 1. The predicted octanol–water partition coefficient (Wildman–Crippen LogP) is 3.31. The fourth-order valence-corrected chi connectivity index (χ4v) is 1.79. The maximum Gasteiger partial charge on any atom is 0.213 e. The Labute approximate surface area is 113 Å². The van der Waals surface area contributed by atoms with Gasteiger partial charge in [0.15, 0.2) is 0 Å². The van der Waals surface area contributed by atoms with Crippen LogP contribution in [0.4, 0.5) is 0 Å². The van der Waals surface area contributed by atoms with E-state index in [9.17, 15) is 0 Å². The van der Waals surface area contributed by atoms with Crippen molar-refractivity contribution in [1.82, 2.24) is 10.3 Å². The lowest BCUT2D eigenvalue weighted by molar-refractivity contribution is 0.260. The fraction of sp³-hybridized carbons (Fsp3) is 0.400. The third-order valence-corrected chi connectivity index (χ3v) is 2.90. The molecule has 1 atom stereocenters. The van der Waals surface area contributed by atoms with Crippen LogP contribution >= 0.6 is 0 Å². The van der Waals surface area contributed by atoms with Crippen molar-refractivity contribution in [2.75, 3.05) is 6.54 Å². The molecule has 2 heterocycles. The molecular weight excluding hydrogens is 240 g/mol.